The largest absolute Gasteiger partial charge is 0.643 e. The first kappa shape index (κ1) is 10.7. The highest BCUT2D eigenvalue weighted by molar-refractivity contribution is 7.54. The highest BCUT2D eigenvalue weighted by Gasteiger charge is 2.00. The Hall–Kier alpha value is 1.76. The Morgan fingerprint density at radius 1 is 1.00 bits per heavy atom. The summed E-state index contributed by atoms with van der Waals surface area (Å²) in [5, 5.41) is 0. The Bertz CT molecular complexity index is 12.3. The second-order valence-electron chi connectivity index (χ2n) is 0.247. The Balaban J connectivity index is 0. The Morgan fingerprint density at radius 3 is 1.00 bits per heavy atom. The Kier molecular flexibility index (Phi) is 17.6. The molecule has 36 valence electrons. The standard InChI is InChI=1S/Al.BClH2.3ClH/c;1-2;;;/h;1H2;3*1H/q+3;;;;/p-3. The van der Waals surface area contributed by atoms with Crippen molar-refractivity contribution in [1.29, 1.82) is 0 Å². The summed E-state index contributed by atoms with van der Waals surface area (Å²) in [6.07, 6.45) is 0. The molecule has 0 nitrogen and oxygen atoms in total. The summed E-state index contributed by atoms with van der Waals surface area (Å²) in [7, 11) is 16.3. The summed E-state index contributed by atoms with van der Waals surface area (Å²) < 4.78 is 0. The van der Waals surface area contributed by atoms with Gasteiger partial charge in [-0.15, -0.1) is 0 Å². The van der Waals surface area contributed by atoms with Gasteiger partial charge in [0, 0.05) is 0 Å². The maximum atomic E-state index is 4.94. The zero-order valence-electron chi connectivity index (χ0n) is 3.09. The Morgan fingerprint density at radius 2 is 1.00 bits per heavy atom. The van der Waals surface area contributed by atoms with Crippen molar-refractivity contribution in [3.05, 3.63) is 0 Å². The lowest BCUT2D eigenvalue weighted by molar-refractivity contribution is 4.07. The van der Waals surface area contributed by atoms with Crippen LogP contribution in [0.2, 0.25) is 0 Å². The first-order valence-electron chi connectivity index (χ1n) is 1.03. The smallest absolute Gasteiger partial charge is 0.214 e. The average Bonchev–Trinajstić information content (AvgIpc) is 1.41. The van der Waals surface area contributed by atoms with E-state index in [-0.39, 0.29) is 0 Å². The molecule has 0 aromatic heterocycles. The lowest BCUT2D eigenvalue weighted by Gasteiger charge is -1.57. The monoisotopic (exact) mass is 180 g/mol. The molecule has 0 aliphatic rings. The van der Waals surface area contributed by atoms with Gasteiger partial charge < -0.3 is 0 Å². The molecule has 0 N–H and O–H groups in total. The molecule has 0 saturated heterocycles. The van der Waals surface area contributed by atoms with E-state index >= 15 is 0 Å². The summed E-state index contributed by atoms with van der Waals surface area (Å²) >= 11 is 2.92. The van der Waals surface area contributed by atoms with Crippen LogP contribution < -0.4 is 0 Å². The summed E-state index contributed by atoms with van der Waals surface area (Å²) in [4.78, 5) is 0. The van der Waals surface area contributed by atoms with Gasteiger partial charge in [0.15, 0.2) is 0 Å². The second kappa shape index (κ2) is 9.90. The van der Waals surface area contributed by atoms with Crippen molar-refractivity contribution in [3.63, 3.8) is 0 Å². The second-order valence-corrected chi connectivity index (χ2v) is 6.68. The van der Waals surface area contributed by atoms with E-state index in [1.807, 2.05) is 0 Å². The molecule has 0 spiro atoms. The van der Waals surface area contributed by atoms with Crippen molar-refractivity contribution in [2.75, 3.05) is 0 Å². The van der Waals surface area contributed by atoms with E-state index in [0.29, 0.717) is 0 Å². The van der Waals surface area contributed by atoms with Crippen molar-refractivity contribution < 1.29 is 0 Å². The van der Waals surface area contributed by atoms with E-state index < -0.39 is 11.4 Å². The lowest BCUT2D eigenvalue weighted by Crippen LogP contribution is -1.66. The minimum atomic E-state index is -1.72. The van der Waals surface area contributed by atoms with E-state index in [4.69, 9.17) is 30.1 Å². The van der Waals surface area contributed by atoms with Crippen LogP contribution in [0.5, 0.6) is 0 Å². The van der Waals surface area contributed by atoms with E-state index in [0.717, 1.165) is 0 Å². The quantitative estimate of drug-likeness (QED) is 0.497. The summed E-state index contributed by atoms with van der Waals surface area (Å²) in [6.45, 7) is 0. The third kappa shape index (κ3) is 42.2. The molecule has 0 aromatic carbocycles. The molecule has 0 aromatic rings. The van der Waals surface area contributed by atoms with Gasteiger partial charge in [0.2, 0.25) is 7.26 Å². The molecule has 0 amide bonds. The fraction of sp³-hybridized carbons (Fsp3) is 0. The number of hydrogen-bond donors (Lipinski definition) is 0. The molecule has 0 atom stereocenters. The predicted molar refractivity (Wildman–Crippen MR) is 37.7 cm³/mol. The first-order valence-corrected chi connectivity index (χ1v) is 7.03. The van der Waals surface area contributed by atoms with Gasteiger partial charge in [-0.1, -0.05) is 0 Å². The molecule has 0 rings (SSSR count). The molecule has 6 heavy (non-hydrogen) atoms. The van der Waals surface area contributed by atoms with Crippen LogP contribution >= 0.6 is 41.6 Å². The van der Waals surface area contributed by atoms with Gasteiger partial charge in [0.05, 0.1) is 0 Å². The van der Waals surface area contributed by atoms with Crippen LogP contribution in [-0.2, 0) is 0 Å². The molecular weight excluding hydrogens is 180 g/mol. The lowest BCUT2D eigenvalue weighted by atomic mass is 10.8. The van der Waals surface area contributed by atoms with Crippen LogP contribution in [0.4, 0.5) is 0 Å². The van der Waals surface area contributed by atoms with Crippen molar-refractivity contribution in [1.82, 2.24) is 0 Å². The average molecular weight is 182 g/mol. The third-order valence-corrected chi connectivity index (χ3v) is 0. The maximum absolute atomic E-state index is 4.94. The molecule has 0 aliphatic carbocycles. The van der Waals surface area contributed by atoms with Crippen molar-refractivity contribution in [2.45, 2.75) is 0 Å². The molecule has 0 bridgehead atoms. The number of hydrogen-bond acceptors (Lipinski definition) is 0. The number of halogens is 4. The van der Waals surface area contributed by atoms with Crippen LogP contribution in [0.15, 0.2) is 0 Å². The minimum absolute atomic E-state index is 1.47. The highest BCUT2D eigenvalue weighted by atomic mass is 35.8. The summed E-state index contributed by atoms with van der Waals surface area (Å²) in [5.74, 6) is 0. The van der Waals surface area contributed by atoms with E-state index in [2.05, 4.69) is 11.5 Å². The van der Waals surface area contributed by atoms with Crippen molar-refractivity contribution >= 4 is 60.3 Å². The molecule has 0 saturated carbocycles. The van der Waals surface area contributed by atoms with Crippen molar-refractivity contribution in [2.24, 2.45) is 0 Å². The van der Waals surface area contributed by atoms with Gasteiger partial charge in [-0.25, -0.2) is 41.6 Å². The summed E-state index contributed by atoms with van der Waals surface area (Å²) in [6, 6.07) is 0. The van der Waals surface area contributed by atoms with Gasteiger partial charge in [-0.3, -0.25) is 0 Å². The van der Waals surface area contributed by atoms with Crippen LogP contribution in [0.25, 0.3) is 0 Å². The van der Waals surface area contributed by atoms with Crippen LogP contribution in [0.3, 0.4) is 0 Å². The first-order chi connectivity index (χ1) is 2.73. The van der Waals surface area contributed by atoms with E-state index in [1.165, 1.54) is 7.26 Å². The number of rotatable bonds is 0. The van der Waals surface area contributed by atoms with E-state index in [9.17, 15) is 0 Å². The van der Waals surface area contributed by atoms with Crippen LogP contribution in [0.1, 0.15) is 0 Å². The molecule has 0 unspecified atom stereocenters. The normalized spacial score (nSPS) is 5.33. The predicted octanol–water partition coefficient (Wildman–Crippen LogP) is 1.46. The zero-order valence-corrected chi connectivity index (χ0v) is 7.27. The van der Waals surface area contributed by atoms with Crippen LogP contribution in [0, 0.1) is 0 Å². The zero-order chi connectivity index (χ0) is 5.58. The van der Waals surface area contributed by atoms with Gasteiger partial charge >= 0.3 is 11.4 Å². The van der Waals surface area contributed by atoms with Crippen molar-refractivity contribution in [3.8, 4) is 0 Å². The van der Waals surface area contributed by atoms with Gasteiger partial charge in [0.1, 0.15) is 0 Å². The van der Waals surface area contributed by atoms with Crippen LogP contribution in [-0.4, -0.2) is 18.6 Å². The summed E-state index contributed by atoms with van der Waals surface area (Å²) in [5.41, 5.74) is 0. The maximum Gasteiger partial charge on any atom is 0.643 e. The topological polar surface area (TPSA) is 0 Å². The van der Waals surface area contributed by atoms with E-state index in [1.54, 1.807) is 0 Å². The highest BCUT2D eigenvalue weighted by Crippen LogP contribution is 1.97. The Labute approximate surface area is 60.0 Å². The van der Waals surface area contributed by atoms with Gasteiger partial charge in [-0.05, 0) is 0 Å². The fourth-order valence-electron chi connectivity index (χ4n) is 0. The minimum Gasteiger partial charge on any atom is -0.214 e. The van der Waals surface area contributed by atoms with Gasteiger partial charge in [-0.2, -0.15) is 0 Å². The SMILES string of the molecule is BCl.[Cl][Al]([Cl])[Cl]. The van der Waals surface area contributed by atoms with Gasteiger partial charge in [0.25, 0.3) is 0 Å². The molecular formula is H2AlBCl4. The molecule has 6 heteroatoms. The molecule has 0 radical (unpaired) electrons. The third-order valence-electron chi connectivity index (χ3n) is 0. The molecule has 0 aliphatic heterocycles. The fourth-order valence-corrected chi connectivity index (χ4v) is 0. The molecule has 0 fully saturated rings. The molecule has 0 heterocycles.